The van der Waals surface area contributed by atoms with Crippen molar-refractivity contribution in [2.75, 3.05) is 5.73 Å². The van der Waals surface area contributed by atoms with Gasteiger partial charge in [-0.05, 0) is 34.3 Å². The first-order chi connectivity index (χ1) is 8.22. The van der Waals surface area contributed by atoms with Gasteiger partial charge < -0.3 is 5.73 Å². The SMILES string of the molecule is Nc1ccccc1/C(=C\Br)c1ccc(F)cc1. The Kier molecular flexibility index (Phi) is 3.59. The van der Waals surface area contributed by atoms with E-state index in [1.165, 1.54) is 12.1 Å². The zero-order chi connectivity index (χ0) is 12.3. The molecule has 0 unspecified atom stereocenters. The number of benzene rings is 2. The molecule has 0 saturated heterocycles. The summed E-state index contributed by atoms with van der Waals surface area (Å²) in [5.74, 6) is -0.247. The molecular formula is C14H11BrFN. The van der Waals surface area contributed by atoms with Crippen LogP contribution in [0.15, 0.2) is 53.5 Å². The first-order valence-corrected chi connectivity index (χ1v) is 6.05. The molecule has 2 aromatic rings. The van der Waals surface area contributed by atoms with E-state index < -0.39 is 0 Å². The van der Waals surface area contributed by atoms with Crippen LogP contribution in [0.3, 0.4) is 0 Å². The molecule has 0 aliphatic heterocycles. The van der Waals surface area contributed by atoms with Gasteiger partial charge in [-0.3, -0.25) is 0 Å². The van der Waals surface area contributed by atoms with Crippen LogP contribution >= 0.6 is 15.9 Å². The van der Waals surface area contributed by atoms with Crippen LogP contribution in [0.25, 0.3) is 5.57 Å². The summed E-state index contributed by atoms with van der Waals surface area (Å²) in [6.07, 6.45) is 0. The van der Waals surface area contributed by atoms with E-state index in [0.29, 0.717) is 5.69 Å². The van der Waals surface area contributed by atoms with Crippen molar-refractivity contribution in [3.8, 4) is 0 Å². The lowest BCUT2D eigenvalue weighted by molar-refractivity contribution is 0.627. The second-order valence-corrected chi connectivity index (χ2v) is 4.07. The molecular weight excluding hydrogens is 281 g/mol. The lowest BCUT2D eigenvalue weighted by Crippen LogP contribution is -1.94. The van der Waals surface area contributed by atoms with Crippen molar-refractivity contribution < 1.29 is 4.39 Å². The van der Waals surface area contributed by atoms with Gasteiger partial charge >= 0.3 is 0 Å². The van der Waals surface area contributed by atoms with Gasteiger partial charge in [0.2, 0.25) is 0 Å². The van der Waals surface area contributed by atoms with Crippen molar-refractivity contribution in [1.29, 1.82) is 0 Å². The van der Waals surface area contributed by atoms with Crippen molar-refractivity contribution in [2.45, 2.75) is 0 Å². The van der Waals surface area contributed by atoms with Crippen molar-refractivity contribution in [1.82, 2.24) is 0 Å². The molecule has 86 valence electrons. The van der Waals surface area contributed by atoms with Crippen molar-refractivity contribution in [3.05, 3.63) is 70.5 Å². The summed E-state index contributed by atoms with van der Waals surface area (Å²) < 4.78 is 12.9. The highest BCUT2D eigenvalue weighted by molar-refractivity contribution is 9.11. The monoisotopic (exact) mass is 291 g/mol. The topological polar surface area (TPSA) is 26.0 Å². The maximum absolute atomic E-state index is 12.9. The fourth-order valence-corrected chi connectivity index (χ4v) is 2.16. The van der Waals surface area contributed by atoms with E-state index in [2.05, 4.69) is 15.9 Å². The molecule has 0 heterocycles. The standard InChI is InChI=1S/C14H11BrFN/c15-9-13(10-5-7-11(16)8-6-10)12-3-1-2-4-14(12)17/h1-9H,17H2/b13-9-. The van der Waals surface area contributed by atoms with Crippen LogP contribution in [-0.4, -0.2) is 0 Å². The van der Waals surface area contributed by atoms with Crippen molar-refractivity contribution in [3.63, 3.8) is 0 Å². The lowest BCUT2D eigenvalue weighted by atomic mass is 9.98. The summed E-state index contributed by atoms with van der Waals surface area (Å²) in [4.78, 5) is 1.80. The molecule has 2 rings (SSSR count). The highest BCUT2D eigenvalue weighted by atomic mass is 79.9. The van der Waals surface area contributed by atoms with Crippen LogP contribution in [0, 0.1) is 5.82 Å². The molecule has 0 aliphatic carbocycles. The molecule has 0 atom stereocenters. The van der Waals surface area contributed by atoms with Crippen LogP contribution in [0.5, 0.6) is 0 Å². The molecule has 3 heteroatoms. The van der Waals surface area contributed by atoms with E-state index in [1.807, 2.05) is 24.3 Å². The number of halogens is 2. The molecule has 2 aromatic carbocycles. The smallest absolute Gasteiger partial charge is 0.123 e. The van der Waals surface area contributed by atoms with Gasteiger partial charge in [0.05, 0.1) is 0 Å². The fraction of sp³-hybridized carbons (Fsp3) is 0. The molecule has 0 aromatic heterocycles. The van der Waals surface area contributed by atoms with E-state index >= 15 is 0 Å². The fourth-order valence-electron chi connectivity index (χ4n) is 1.65. The second-order valence-electron chi connectivity index (χ2n) is 3.62. The van der Waals surface area contributed by atoms with E-state index in [0.717, 1.165) is 16.7 Å². The van der Waals surface area contributed by atoms with E-state index in [1.54, 1.807) is 17.1 Å². The van der Waals surface area contributed by atoms with Gasteiger partial charge in [-0.25, -0.2) is 4.39 Å². The summed E-state index contributed by atoms with van der Waals surface area (Å²) in [7, 11) is 0. The first kappa shape index (κ1) is 11.9. The number of nitrogens with two attached hydrogens (primary N) is 1. The number of anilines is 1. The molecule has 2 N–H and O–H groups in total. The Morgan fingerprint density at radius 3 is 2.29 bits per heavy atom. The summed E-state index contributed by atoms with van der Waals surface area (Å²) >= 11 is 3.33. The highest BCUT2D eigenvalue weighted by Gasteiger charge is 2.07. The Morgan fingerprint density at radius 1 is 1.06 bits per heavy atom. The third-order valence-electron chi connectivity index (χ3n) is 2.52. The Bertz CT molecular complexity index is 546. The van der Waals surface area contributed by atoms with Gasteiger partial charge in [0.15, 0.2) is 0 Å². The average molecular weight is 292 g/mol. The molecule has 0 amide bonds. The number of nitrogen functional groups attached to an aromatic ring is 1. The number of hydrogen-bond acceptors (Lipinski definition) is 1. The molecule has 17 heavy (non-hydrogen) atoms. The van der Waals surface area contributed by atoms with Crippen molar-refractivity contribution >= 4 is 27.2 Å². The minimum absolute atomic E-state index is 0.247. The van der Waals surface area contributed by atoms with Gasteiger partial charge in [-0.1, -0.05) is 46.3 Å². The predicted octanol–water partition coefficient (Wildman–Crippen LogP) is 4.19. The average Bonchev–Trinajstić information content (AvgIpc) is 2.35. The Morgan fingerprint density at radius 2 is 1.71 bits per heavy atom. The zero-order valence-electron chi connectivity index (χ0n) is 9.03. The van der Waals surface area contributed by atoms with Gasteiger partial charge in [-0.2, -0.15) is 0 Å². The largest absolute Gasteiger partial charge is 0.398 e. The minimum Gasteiger partial charge on any atom is -0.398 e. The maximum atomic E-state index is 12.9. The molecule has 0 radical (unpaired) electrons. The van der Waals surface area contributed by atoms with E-state index in [-0.39, 0.29) is 5.82 Å². The van der Waals surface area contributed by atoms with Crippen LogP contribution in [0.2, 0.25) is 0 Å². The minimum atomic E-state index is -0.247. The van der Waals surface area contributed by atoms with Gasteiger partial charge in [0, 0.05) is 11.3 Å². The summed E-state index contributed by atoms with van der Waals surface area (Å²) in [5.41, 5.74) is 9.40. The number of rotatable bonds is 2. The second kappa shape index (κ2) is 5.15. The molecule has 0 aliphatic rings. The van der Waals surface area contributed by atoms with Crippen LogP contribution in [0.4, 0.5) is 10.1 Å². The van der Waals surface area contributed by atoms with Gasteiger partial charge in [0.25, 0.3) is 0 Å². The Balaban J connectivity index is 2.49. The Labute approximate surface area is 108 Å². The quantitative estimate of drug-likeness (QED) is 0.825. The number of para-hydroxylation sites is 1. The van der Waals surface area contributed by atoms with Crippen LogP contribution in [0.1, 0.15) is 11.1 Å². The molecule has 0 bridgehead atoms. The molecule has 0 spiro atoms. The zero-order valence-corrected chi connectivity index (χ0v) is 10.6. The molecule has 1 nitrogen and oxygen atoms in total. The first-order valence-electron chi connectivity index (χ1n) is 5.13. The van der Waals surface area contributed by atoms with Crippen LogP contribution in [-0.2, 0) is 0 Å². The summed E-state index contributed by atoms with van der Waals surface area (Å²) in [6.45, 7) is 0. The Hall–Kier alpha value is -1.61. The predicted molar refractivity (Wildman–Crippen MR) is 73.3 cm³/mol. The summed E-state index contributed by atoms with van der Waals surface area (Å²) in [5, 5.41) is 0. The molecule has 0 fully saturated rings. The van der Waals surface area contributed by atoms with Gasteiger partial charge in [-0.15, -0.1) is 0 Å². The third kappa shape index (κ3) is 2.56. The van der Waals surface area contributed by atoms with E-state index in [4.69, 9.17) is 5.73 Å². The normalized spacial score (nSPS) is 11.5. The summed E-state index contributed by atoms with van der Waals surface area (Å²) in [6, 6.07) is 13.9. The van der Waals surface area contributed by atoms with Crippen LogP contribution < -0.4 is 5.73 Å². The highest BCUT2D eigenvalue weighted by Crippen LogP contribution is 2.28. The third-order valence-corrected chi connectivity index (χ3v) is 2.97. The number of hydrogen-bond donors (Lipinski definition) is 1. The lowest BCUT2D eigenvalue weighted by Gasteiger charge is -2.09. The van der Waals surface area contributed by atoms with Gasteiger partial charge in [0.1, 0.15) is 5.82 Å². The molecule has 0 saturated carbocycles. The van der Waals surface area contributed by atoms with E-state index in [9.17, 15) is 4.39 Å². The van der Waals surface area contributed by atoms with Crippen molar-refractivity contribution in [2.24, 2.45) is 0 Å². The maximum Gasteiger partial charge on any atom is 0.123 e.